The van der Waals surface area contributed by atoms with Crippen LogP contribution in [-0.4, -0.2) is 92.6 Å². The lowest BCUT2D eigenvalue weighted by Crippen LogP contribution is -2.61. The number of ether oxygens (including phenoxy) is 3. The summed E-state index contributed by atoms with van der Waals surface area (Å²) in [6.07, 6.45) is -10.8. The van der Waals surface area contributed by atoms with Crippen LogP contribution in [0.1, 0.15) is 13.3 Å². The standard InChI is InChI=1S/C12H22O9/c1-4-11(5(14)2-7(15)19-4)21-12-10(18)9(17)8(16)6(3-13)20-12/h4-18H,2-3H2,1H3/t4-,5-,6-,7?,8-,9+,10-,11-,12?/m1/s1. The molecule has 0 radical (unpaired) electrons. The van der Waals surface area contributed by atoms with Crippen molar-refractivity contribution < 1.29 is 44.8 Å². The van der Waals surface area contributed by atoms with E-state index < -0.39 is 61.9 Å². The van der Waals surface area contributed by atoms with Gasteiger partial charge >= 0.3 is 0 Å². The predicted molar refractivity (Wildman–Crippen MR) is 65.8 cm³/mol. The zero-order valence-corrected chi connectivity index (χ0v) is 11.5. The highest BCUT2D eigenvalue weighted by molar-refractivity contribution is 4.90. The summed E-state index contributed by atoms with van der Waals surface area (Å²) in [5.74, 6) is 0. The fraction of sp³-hybridized carbons (Fsp3) is 1.00. The van der Waals surface area contributed by atoms with Crippen molar-refractivity contribution in [3.05, 3.63) is 0 Å². The summed E-state index contributed by atoms with van der Waals surface area (Å²) >= 11 is 0. The van der Waals surface area contributed by atoms with Crippen molar-refractivity contribution in [1.82, 2.24) is 0 Å². The van der Waals surface area contributed by atoms with Gasteiger partial charge in [-0.25, -0.2) is 0 Å². The van der Waals surface area contributed by atoms with E-state index in [0.29, 0.717) is 0 Å². The predicted octanol–water partition coefficient (Wildman–Crippen LogP) is -3.34. The van der Waals surface area contributed by atoms with Crippen molar-refractivity contribution in [3.8, 4) is 0 Å². The molecule has 0 aliphatic carbocycles. The van der Waals surface area contributed by atoms with Gasteiger partial charge in [0.2, 0.25) is 0 Å². The van der Waals surface area contributed by atoms with Crippen LogP contribution in [0.15, 0.2) is 0 Å². The molecule has 2 aliphatic heterocycles. The van der Waals surface area contributed by atoms with Crippen LogP contribution < -0.4 is 0 Å². The van der Waals surface area contributed by atoms with Gasteiger partial charge in [-0.1, -0.05) is 0 Å². The van der Waals surface area contributed by atoms with Crippen LogP contribution in [-0.2, 0) is 14.2 Å². The molecule has 2 unspecified atom stereocenters. The van der Waals surface area contributed by atoms with Crippen molar-refractivity contribution in [2.24, 2.45) is 0 Å². The third kappa shape index (κ3) is 3.52. The van der Waals surface area contributed by atoms with Gasteiger partial charge in [0.1, 0.15) is 30.5 Å². The first-order valence-electron chi connectivity index (χ1n) is 6.82. The molecule has 0 aromatic carbocycles. The van der Waals surface area contributed by atoms with Crippen LogP contribution in [0.25, 0.3) is 0 Å². The topological polar surface area (TPSA) is 149 Å². The molecule has 2 fully saturated rings. The van der Waals surface area contributed by atoms with Crippen molar-refractivity contribution in [3.63, 3.8) is 0 Å². The summed E-state index contributed by atoms with van der Waals surface area (Å²) in [6.45, 7) is 1.00. The molecule has 9 heteroatoms. The van der Waals surface area contributed by atoms with Crippen LogP contribution in [0.2, 0.25) is 0 Å². The summed E-state index contributed by atoms with van der Waals surface area (Å²) in [5, 5.41) is 57.5. The second kappa shape index (κ2) is 6.82. The fourth-order valence-corrected chi connectivity index (χ4v) is 2.57. The molecule has 124 valence electrons. The van der Waals surface area contributed by atoms with Gasteiger partial charge in [-0.2, -0.15) is 0 Å². The summed E-state index contributed by atoms with van der Waals surface area (Å²) in [7, 11) is 0. The fourth-order valence-electron chi connectivity index (χ4n) is 2.57. The maximum Gasteiger partial charge on any atom is 0.187 e. The molecule has 9 atom stereocenters. The average Bonchev–Trinajstić information content (AvgIpc) is 2.42. The average molecular weight is 310 g/mol. The van der Waals surface area contributed by atoms with E-state index in [1.807, 2.05) is 0 Å². The van der Waals surface area contributed by atoms with E-state index in [1.165, 1.54) is 0 Å². The lowest BCUT2D eigenvalue weighted by Gasteiger charge is -2.43. The van der Waals surface area contributed by atoms with Crippen molar-refractivity contribution >= 4 is 0 Å². The van der Waals surface area contributed by atoms with E-state index >= 15 is 0 Å². The van der Waals surface area contributed by atoms with Crippen LogP contribution in [0, 0.1) is 0 Å². The Morgan fingerprint density at radius 3 is 2.24 bits per heavy atom. The van der Waals surface area contributed by atoms with Crippen molar-refractivity contribution in [2.45, 2.75) is 68.7 Å². The van der Waals surface area contributed by atoms with Gasteiger partial charge in [-0.05, 0) is 6.92 Å². The molecule has 2 saturated heterocycles. The summed E-state index contributed by atoms with van der Waals surface area (Å²) in [5.41, 5.74) is 0. The van der Waals surface area contributed by atoms with E-state index in [4.69, 9.17) is 19.3 Å². The molecular formula is C12H22O9. The highest BCUT2D eigenvalue weighted by atomic mass is 16.7. The molecule has 2 aliphatic rings. The largest absolute Gasteiger partial charge is 0.394 e. The van der Waals surface area contributed by atoms with Crippen LogP contribution in [0.5, 0.6) is 0 Å². The molecule has 0 amide bonds. The minimum Gasteiger partial charge on any atom is -0.394 e. The summed E-state index contributed by atoms with van der Waals surface area (Å²) in [6, 6.07) is 0. The second-order valence-electron chi connectivity index (χ2n) is 5.40. The maximum atomic E-state index is 9.90. The van der Waals surface area contributed by atoms with E-state index in [-0.39, 0.29) is 6.42 Å². The van der Waals surface area contributed by atoms with Gasteiger partial charge in [-0.15, -0.1) is 0 Å². The molecule has 0 saturated carbocycles. The Hall–Kier alpha value is -0.360. The van der Waals surface area contributed by atoms with Gasteiger partial charge in [0, 0.05) is 6.42 Å². The number of rotatable bonds is 3. The zero-order chi connectivity index (χ0) is 15.7. The van der Waals surface area contributed by atoms with Gasteiger partial charge in [0.05, 0.1) is 18.8 Å². The highest BCUT2D eigenvalue weighted by Crippen LogP contribution is 2.27. The van der Waals surface area contributed by atoms with Gasteiger partial charge < -0.3 is 44.8 Å². The van der Waals surface area contributed by atoms with Crippen LogP contribution >= 0.6 is 0 Å². The van der Waals surface area contributed by atoms with Crippen molar-refractivity contribution in [2.75, 3.05) is 6.61 Å². The van der Waals surface area contributed by atoms with E-state index in [0.717, 1.165) is 0 Å². The minimum atomic E-state index is -1.55. The number of hydrogen-bond acceptors (Lipinski definition) is 9. The van der Waals surface area contributed by atoms with Gasteiger partial charge in [0.15, 0.2) is 12.6 Å². The normalized spacial score (nSPS) is 51.9. The highest BCUT2D eigenvalue weighted by Gasteiger charge is 2.47. The van der Waals surface area contributed by atoms with Gasteiger partial charge in [0.25, 0.3) is 0 Å². The SMILES string of the molecule is C[C@H]1OC(O)C[C@@H](O)[C@@H]1OC1O[C@H](CO)[C@@H](O)[C@H](O)[C@H]1O. The Morgan fingerprint density at radius 2 is 1.67 bits per heavy atom. The first-order valence-corrected chi connectivity index (χ1v) is 6.82. The lowest BCUT2D eigenvalue weighted by atomic mass is 9.98. The molecule has 2 rings (SSSR count). The number of aliphatic hydroxyl groups is 6. The monoisotopic (exact) mass is 310 g/mol. The Bertz CT molecular complexity index is 327. The van der Waals surface area contributed by atoms with Gasteiger partial charge in [-0.3, -0.25) is 0 Å². The molecule has 0 spiro atoms. The van der Waals surface area contributed by atoms with Crippen LogP contribution in [0.4, 0.5) is 0 Å². The first kappa shape index (κ1) is 17.0. The Labute approximate surface area is 121 Å². The molecule has 2 heterocycles. The van der Waals surface area contributed by atoms with E-state index in [9.17, 15) is 25.5 Å². The smallest absolute Gasteiger partial charge is 0.187 e. The first-order chi connectivity index (χ1) is 9.85. The Morgan fingerprint density at radius 1 is 1.00 bits per heavy atom. The zero-order valence-electron chi connectivity index (χ0n) is 11.5. The quantitative estimate of drug-likeness (QED) is 0.314. The molecule has 0 aromatic heterocycles. The molecule has 21 heavy (non-hydrogen) atoms. The lowest BCUT2D eigenvalue weighted by molar-refractivity contribution is -0.338. The number of hydrogen-bond donors (Lipinski definition) is 6. The molecule has 6 N–H and O–H groups in total. The molecular weight excluding hydrogens is 288 g/mol. The number of aliphatic hydroxyl groups excluding tert-OH is 6. The van der Waals surface area contributed by atoms with E-state index in [2.05, 4.69) is 0 Å². The van der Waals surface area contributed by atoms with Crippen molar-refractivity contribution in [1.29, 1.82) is 0 Å². The third-order valence-electron chi connectivity index (χ3n) is 3.80. The third-order valence-corrected chi connectivity index (χ3v) is 3.80. The summed E-state index contributed by atoms with van der Waals surface area (Å²) < 4.78 is 15.7. The van der Waals surface area contributed by atoms with E-state index in [1.54, 1.807) is 6.92 Å². The maximum absolute atomic E-state index is 9.90. The molecule has 0 bridgehead atoms. The minimum absolute atomic E-state index is 0.0631. The summed E-state index contributed by atoms with van der Waals surface area (Å²) in [4.78, 5) is 0. The van der Waals surface area contributed by atoms with Crippen LogP contribution in [0.3, 0.4) is 0 Å². The Balaban J connectivity index is 2.03. The molecule has 0 aromatic rings. The molecule has 9 nitrogen and oxygen atoms in total. The second-order valence-corrected chi connectivity index (χ2v) is 5.40. The Kier molecular flexibility index (Phi) is 5.52.